The van der Waals surface area contributed by atoms with Crippen LogP contribution in [0.4, 0.5) is 0 Å². The zero-order valence-electron chi connectivity index (χ0n) is 12.5. The van der Waals surface area contributed by atoms with Gasteiger partial charge in [0, 0.05) is 25.9 Å². The molecule has 1 N–H and O–H groups in total. The lowest BCUT2D eigenvalue weighted by Crippen LogP contribution is -2.40. The summed E-state index contributed by atoms with van der Waals surface area (Å²) in [5.74, 6) is -0.513. The van der Waals surface area contributed by atoms with Gasteiger partial charge in [-0.15, -0.1) is 0 Å². The van der Waals surface area contributed by atoms with Gasteiger partial charge in [-0.3, -0.25) is 9.59 Å². The first-order valence-corrected chi connectivity index (χ1v) is 7.60. The Labute approximate surface area is 125 Å². The second-order valence-corrected chi connectivity index (χ2v) is 5.87. The molecular weight excluding hydrogens is 266 g/mol. The van der Waals surface area contributed by atoms with Crippen molar-refractivity contribution >= 4 is 11.9 Å². The molecular formula is C17H23NO3. The molecule has 1 aliphatic heterocycles. The van der Waals surface area contributed by atoms with E-state index in [2.05, 4.69) is 19.1 Å². The number of carbonyl (C=O) groups excluding carboxylic acids is 1. The third-order valence-electron chi connectivity index (χ3n) is 4.20. The lowest BCUT2D eigenvalue weighted by molar-refractivity contribution is -0.140. The lowest BCUT2D eigenvalue weighted by atomic mass is 9.94. The normalized spacial score (nSPS) is 18.5. The topological polar surface area (TPSA) is 57.6 Å². The summed E-state index contributed by atoms with van der Waals surface area (Å²) >= 11 is 0. The molecule has 0 saturated carbocycles. The predicted molar refractivity (Wildman–Crippen MR) is 81.1 cm³/mol. The van der Waals surface area contributed by atoms with Crippen molar-refractivity contribution < 1.29 is 14.7 Å². The molecule has 0 bridgehead atoms. The van der Waals surface area contributed by atoms with E-state index in [0.717, 1.165) is 25.8 Å². The Hall–Kier alpha value is -1.84. The van der Waals surface area contributed by atoms with Crippen molar-refractivity contribution in [3.63, 3.8) is 0 Å². The summed E-state index contributed by atoms with van der Waals surface area (Å²) in [5.41, 5.74) is 2.43. The van der Waals surface area contributed by atoms with E-state index in [9.17, 15) is 9.59 Å². The van der Waals surface area contributed by atoms with Crippen LogP contribution in [-0.4, -0.2) is 35.0 Å². The molecule has 21 heavy (non-hydrogen) atoms. The first-order chi connectivity index (χ1) is 10.1. The number of nitrogens with zero attached hydrogens (tertiary/aromatic N) is 1. The van der Waals surface area contributed by atoms with Gasteiger partial charge in [0.05, 0.1) is 0 Å². The van der Waals surface area contributed by atoms with Crippen LogP contribution >= 0.6 is 0 Å². The van der Waals surface area contributed by atoms with E-state index in [4.69, 9.17) is 5.11 Å². The fraction of sp³-hybridized carbons (Fsp3) is 0.529. The molecule has 1 saturated heterocycles. The van der Waals surface area contributed by atoms with Gasteiger partial charge in [-0.2, -0.15) is 0 Å². The number of likely N-dealkylation sites (tertiary alicyclic amines) is 1. The molecule has 0 spiro atoms. The third kappa shape index (κ3) is 4.59. The number of carboxylic acid groups (broad SMARTS) is 1. The Morgan fingerprint density at radius 3 is 2.81 bits per heavy atom. The number of benzene rings is 1. The van der Waals surface area contributed by atoms with Crippen LogP contribution in [0.2, 0.25) is 0 Å². The van der Waals surface area contributed by atoms with Gasteiger partial charge in [0.1, 0.15) is 0 Å². The molecule has 1 amide bonds. The largest absolute Gasteiger partial charge is 0.481 e. The average molecular weight is 289 g/mol. The van der Waals surface area contributed by atoms with Crippen LogP contribution in [0.3, 0.4) is 0 Å². The van der Waals surface area contributed by atoms with Crippen molar-refractivity contribution in [3.05, 3.63) is 35.4 Å². The molecule has 4 heteroatoms. The SMILES string of the molecule is Cc1ccccc1CCC(=O)N1CCCC(CC(=O)O)C1. The summed E-state index contributed by atoms with van der Waals surface area (Å²) in [6.45, 7) is 3.42. The maximum atomic E-state index is 12.3. The molecule has 4 nitrogen and oxygen atoms in total. The highest BCUT2D eigenvalue weighted by atomic mass is 16.4. The quantitative estimate of drug-likeness (QED) is 0.906. The molecule has 1 fully saturated rings. The van der Waals surface area contributed by atoms with Crippen LogP contribution in [0.1, 0.15) is 36.8 Å². The molecule has 0 radical (unpaired) electrons. The zero-order chi connectivity index (χ0) is 15.2. The van der Waals surface area contributed by atoms with Crippen LogP contribution < -0.4 is 0 Å². The van der Waals surface area contributed by atoms with Gasteiger partial charge < -0.3 is 10.0 Å². The fourth-order valence-corrected chi connectivity index (χ4v) is 3.00. The van der Waals surface area contributed by atoms with E-state index in [0.29, 0.717) is 13.0 Å². The minimum atomic E-state index is -0.769. The second-order valence-electron chi connectivity index (χ2n) is 5.87. The van der Waals surface area contributed by atoms with Gasteiger partial charge in [-0.25, -0.2) is 0 Å². The summed E-state index contributed by atoms with van der Waals surface area (Å²) in [6.07, 6.45) is 3.25. The van der Waals surface area contributed by atoms with E-state index in [1.165, 1.54) is 11.1 Å². The molecule has 0 aliphatic carbocycles. The third-order valence-corrected chi connectivity index (χ3v) is 4.20. The maximum absolute atomic E-state index is 12.3. The molecule has 1 atom stereocenters. The summed E-state index contributed by atoms with van der Waals surface area (Å²) in [7, 11) is 0. The van der Waals surface area contributed by atoms with Gasteiger partial charge >= 0.3 is 5.97 Å². The van der Waals surface area contributed by atoms with Gasteiger partial charge in [-0.1, -0.05) is 24.3 Å². The molecule has 1 aromatic rings. The van der Waals surface area contributed by atoms with Crippen molar-refractivity contribution in [3.8, 4) is 0 Å². The highest BCUT2D eigenvalue weighted by Crippen LogP contribution is 2.20. The van der Waals surface area contributed by atoms with Crippen molar-refractivity contribution in [2.75, 3.05) is 13.1 Å². The molecule has 0 aromatic heterocycles. The van der Waals surface area contributed by atoms with E-state index < -0.39 is 5.97 Å². The Kier molecular flexibility index (Phi) is 5.37. The number of piperidine rings is 1. The number of aliphatic carboxylic acids is 1. The molecule has 114 valence electrons. The Balaban J connectivity index is 1.85. The molecule has 1 unspecified atom stereocenters. The summed E-state index contributed by atoms with van der Waals surface area (Å²) in [4.78, 5) is 24.9. The van der Waals surface area contributed by atoms with E-state index in [1.807, 2.05) is 17.0 Å². The van der Waals surface area contributed by atoms with E-state index in [-0.39, 0.29) is 18.2 Å². The van der Waals surface area contributed by atoms with Gasteiger partial charge in [0.25, 0.3) is 0 Å². The zero-order valence-corrected chi connectivity index (χ0v) is 12.5. The first-order valence-electron chi connectivity index (χ1n) is 7.60. The number of hydrogen-bond donors (Lipinski definition) is 1. The van der Waals surface area contributed by atoms with Crippen molar-refractivity contribution in [1.82, 2.24) is 4.90 Å². The predicted octanol–water partition coefficient (Wildman–Crippen LogP) is 2.64. The molecule has 2 rings (SSSR count). The van der Waals surface area contributed by atoms with Crippen LogP contribution in [-0.2, 0) is 16.0 Å². The minimum absolute atomic E-state index is 0.110. The highest BCUT2D eigenvalue weighted by molar-refractivity contribution is 5.76. The van der Waals surface area contributed by atoms with Crippen LogP contribution in [0.15, 0.2) is 24.3 Å². The minimum Gasteiger partial charge on any atom is -0.481 e. The standard InChI is InChI=1S/C17H23NO3/c1-13-5-2-3-7-15(13)8-9-16(19)18-10-4-6-14(12-18)11-17(20)21/h2-3,5,7,14H,4,6,8-12H2,1H3,(H,20,21). The Morgan fingerprint density at radius 1 is 1.33 bits per heavy atom. The summed E-state index contributed by atoms with van der Waals surface area (Å²) in [5, 5.41) is 8.87. The molecule has 1 aliphatic rings. The van der Waals surface area contributed by atoms with Crippen LogP contribution in [0, 0.1) is 12.8 Å². The van der Waals surface area contributed by atoms with Crippen LogP contribution in [0.25, 0.3) is 0 Å². The van der Waals surface area contributed by atoms with Crippen LogP contribution in [0.5, 0.6) is 0 Å². The van der Waals surface area contributed by atoms with E-state index >= 15 is 0 Å². The summed E-state index contributed by atoms with van der Waals surface area (Å²) < 4.78 is 0. The van der Waals surface area contributed by atoms with Gasteiger partial charge in [-0.05, 0) is 43.2 Å². The average Bonchev–Trinajstić information content (AvgIpc) is 2.45. The van der Waals surface area contributed by atoms with E-state index in [1.54, 1.807) is 0 Å². The summed E-state index contributed by atoms with van der Waals surface area (Å²) in [6, 6.07) is 8.12. The second kappa shape index (κ2) is 7.25. The molecule has 1 aromatic carbocycles. The van der Waals surface area contributed by atoms with Crippen molar-refractivity contribution in [2.45, 2.75) is 39.0 Å². The maximum Gasteiger partial charge on any atom is 0.303 e. The van der Waals surface area contributed by atoms with Gasteiger partial charge in [0.15, 0.2) is 0 Å². The fourth-order valence-electron chi connectivity index (χ4n) is 3.00. The number of rotatable bonds is 5. The number of aryl methyl sites for hydroxylation is 2. The number of carbonyl (C=O) groups is 2. The lowest BCUT2D eigenvalue weighted by Gasteiger charge is -2.32. The highest BCUT2D eigenvalue weighted by Gasteiger charge is 2.24. The van der Waals surface area contributed by atoms with Crippen molar-refractivity contribution in [1.29, 1.82) is 0 Å². The number of hydrogen-bond acceptors (Lipinski definition) is 2. The smallest absolute Gasteiger partial charge is 0.303 e. The Morgan fingerprint density at radius 2 is 2.10 bits per heavy atom. The van der Waals surface area contributed by atoms with Crippen molar-refractivity contribution in [2.24, 2.45) is 5.92 Å². The van der Waals surface area contributed by atoms with Gasteiger partial charge in [0.2, 0.25) is 5.91 Å². The number of amides is 1. The monoisotopic (exact) mass is 289 g/mol. The first kappa shape index (κ1) is 15.5. The Bertz CT molecular complexity index is 513. The molecule has 1 heterocycles. The number of carboxylic acids is 1.